The van der Waals surface area contributed by atoms with Crippen molar-refractivity contribution in [2.45, 2.75) is 6.18 Å². The number of benzene rings is 1. The molecule has 0 spiro atoms. The van der Waals surface area contributed by atoms with Crippen LogP contribution in [0.15, 0.2) is 23.6 Å². The van der Waals surface area contributed by atoms with Gasteiger partial charge in [-0.25, -0.2) is 13.8 Å². The third kappa shape index (κ3) is 2.44. The Balaban J connectivity index is 2.40. The predicted molar refractivity (Wildman–Crippen MR) is 52.5 cm³/mol. The van der Waals surface area contributed by atoms with E-state index < -0.39 is 23.5 Å². The van der Waals surface area contributed by atoms with E-state index in [1.165, 1.54) is 6.07 Å². The molecule has 0 fully saturated rings. The van der Waals surface area contributed by atoms with E-state index in [1.807, 2.05) is 0 Å². The zero-order valence-electron chi connectivity index (χ0n) is 8.05. The number of hydrogen-bond acceptors (Lipinski definition) is 2. The van der Waals surface area contributed by atoms with Gasteiger partial charge >= 0.3 is 6.18 Å². The number of halogens is 5. The highest BCUT2D eigenvalue weighted by Crippen LogP contribution is 2.33. The van der Waals surface area contributed by atoms with Gasteiger partial charge in [-0.15, -0.1) is 11.3 Å². The first-order chi connectivity index (χ1) is 7.88. The highest BCUT2D eigenvalue weighted by atomic mass is 32.1. The van der Waals surface area contributed by atoms with Crippen molar-refractivity contribution < 1.29 is 22.0 Å². The van der Waals surface area contributed by atoms with E-state index in [0.29, 0.717) is 0 Å². The molecule has 2 rings (SSSR count). The van der Waals surface area contributed by atoms with Gasteiger partial charge in [0.1, 0.15) is 5.01 Å². The highest BCUT2D eigenvalue weighted by Gasteiger charge is 2.33. The molecular formula is C10H4F5NS. The Labute approximate surface area is 96.5 Å². The van der Waals surface area contributed by atoms with Gasteiger partial charge in [-0.1, -0.05) is 0 Å². The number of alkyl halides is 3. The van der Waals surface area contributed by atoms with Crippen LogP contribution in [-0.4, -0.2) is 4.98 Å². The molecule has 0 atom stereocenters. The topological polar surface area (TPSA) is 12.9 Å². The molecule has 7 heteroatoms. The molecule has 1 heterocycles. The lowest BCUT2D eigenvalue weighted by atomic mass is 10.2. The van der Waals surface area contributed by atoms with Gasteiger partial charge in [0.15, 0.2) is 17.3 Å². The smallest absolute Gasteiger partial charge is 0.232 e. The maximum Gasteiger partial charge on any atom is 0.434 e. The number of nitrogens with zero attached hydrogens (tertiary/aromatic N) is 1. The molecule has 1 nitrogen and oxygen atoms in total. The van der Waals surface area contributed by atoms with Crippen molar-refractivity contribution in [2.75, 3.05) is 0 Å². The lowest BCUT2D eigenvalue weighted by Gasteiger charge is -2.00. The second-order valence-electron chi connectivity index (χ2n) is 3.16. The third-order valence-corrected chi connectivity index (χ3v) is 2.85. The second kappa shape index (κ2) is 4.06. The zero-order valence-corrected chi connectivity index (χ0v) is 8.87. The molecule has 0 saturated heterocycles. The second-order valence-corrected chi connectivity index (χ2v) is 4.02. The predicted octanol–water partition coefficient (Wildman–Crippen LogP) is 4.11. The SMILES string of the molecule is Fc1ccc(-c2nc(C(F)(F)F)cs2)cc1F. The van der Waals surface area contributed by atoms with Gasteiger partial charge in [0.2, 0.25) is 0 Å². The molecule has 1 aromatic carbocycles. The molecular weight excluding hydrogens is 261 g/mol. The van der Waals surface area contributed by atoms with Crippen LogP contribution in [0.3, 0.4) is 0 Å². The van der Waals surface area contributed by atoms with Gasteiger partial charge in [0.05, 0.1) is 0 Å². The van der Waals surface area contributed by atoms with Gasteiger partial charge in [0, 0.05) is 10.9 Å². The van der Waals surface area contributed by atoms with Crippen LogP contribution in [0.2, 0.25) is 0 Å². The standard InChI is InChI=1S/C10H4F5NS/c11-6-2-1-5(3-7(6)12)9-16-8(4-17-9)10(13,14)15/h1-4H. The van der Waals surface area contributed by atoms with E-state index in [0.717, 1.165) is 28.8 Å². The molecule has 2 aromatic rings. The Morgan fingerprint density at radius 3 is 2.29 bits per heavy atom. The maximum atomic E-state index is 12.9. The normalized spacial score (nSPS) is 11.8. The molecule has 17 heavy (non-hydrogen) atoms. The number of hydrogen-bond donors (Lipinski definition) is 0. The molecule has 1 aromatic heterocycles. The van der Waals surface area contributed by atoms with E-state index in [-0.39, 0.29) is 10.6 Å². The van der Waals surface area contributed by atoms with Crippen LogP contribution in [0, 0.1) is 11.6 Å². The Hall–Kier alpha value is -1.50. The molecule has 0 aliphatic rings. The van der Waals surface area contributed by atoms with Crippen LogP contribution in [0.25, 0.3) is 10.6 Å². The van der Waals surface area contributed by atoms with Crippen molar-refractivity contribution in [2.24, 2.45) is 0 Å². The Kier molecular flexibility index (Phi) is 2.86. The van der Waals surface area contributed by atoms with Crippen LogP contribution in [0.5, 0.6) is 0 Å². The van der Waals surface area contributed by atoms with Crippen molar-refractivity contribution in [1.82, 2.24) is 4.98 Å². The summed E-state index contributed by atoms with van der Waals surface area (Å²) in [5.74, 6) is -2.17. The van der Waals surface area contributed by atoms with Crippen molar-refractivity contribution in [3.63, 3.8) is 0 Å². The largest absolute Gasteiger partial charge is 0.434 e. The summed E-state index contributed by atoms with van der Waals surface area (Å²) < 4.78 is 62.3. The number of rotatable bonds is 1. The number of thiazole rings is 1. The van der Waals surface area contributed by atoms with Gasteiger partial charge in [-0.2, -0.15) is 13.2 Å². The molecule has 90 valence electrons. The fourth-order valence-corrected chi connectivity index (χ4v) is 1.99. The van der Waals surface area contributed by atoms with Crippen LogP contribution in [-0.2, 0) is 6.18 Å². The van der Waals surface area contributed by atoms with E-state index in [9.17, 15) is 22.0 Å². The molecule has 0 N–H and O–H groups in total. The van der Waals surface area contributed by atoms with Crippen molar-refractivity contribution >= 4 is 11.3 Å². The lowest BCUT2D eigenvalue weighted by Crippen LogP contribution is -2.04. The zero-order chi connectivity index (χ0) is 12.6. The molecule has 0 amide bonds. The molecule has 0 aliphatic heterocycles. The minimum absolute atomic E-state index is 0.00350. The molecule has 0 radical (unpaired) electrons. The summed E-state index contributed by atoms with van der Waals surface area (Å²) in [6, 6.07) is 2.84. The fraction of sp³-hybridized carbons (Fsp3) is 0.100. The lowest BCUT2D eigenvalue weighted by molar-refractivity contribution is -0.140. The molecule has 0 saturated carbocycles. The van der Waals surface area contributed by atoms with Gasteiger partial charge in [0.25, 0.3) is 0 Å². The minimum atomic E-state index is -4.53. The summed E-state index contributed by atoms with van der Waals surface area (Å²) in [6.45, 7) is 0. The first-order valence-corrected chi connectivity index (χ1v) is 5.24. The summed E-state index contributed by atoms with van der Waals surface area (Å²) >= 11 is 0.724. The maximum absolute atomic E-state index is 12.9. The Morgan fingerprint density at radius 2 is 1.76 bits per heavy atom. The average Bonchev–Trinajstić information content (AvgIpc) is 2.70. The quantitative estimate of drug-likeness (QED) is 0.707. The van der Waals surface area contributed by atoms with Crippen LogP contribution >= 0.6 is 11.3 Å². The number of aromatic nitrogens is 1. The Morgan fingerprint density at radius 1 is 1.06 bits per heavy atom. The van der Waals surface area contributed by atoms with Crippen LogP contribution in [0.4, 0.5) is 22.0 Å². The first kappa shape index (κ1) is 12.0. The van der Waals surface area contributed by atoms with Gasteiger partial charge < -0.3 is 0 Å². The van der Waals surface area contributed by atoms with E-state index in [1.54, 1.807) is 0 Å². The van der Waals surface area contributed by atoms with E-state index in [4.69, 9.17) is 0 Å². The van der Waals surface area contributed by atoms with Crippen molar-refractivity contribution in [1.29, 1.82) is 0 Å². The minimum Gasteiger partial charge on any atom is -0.232 e. The molecule has 0 unspecified atom stereocenters. The summed E-state index contributed by atoms with van der Waals surface area (Å²) in [6.07, 6.45) is -4.53. The molecule has 0 aliphatic carbocycles. The van der Waals surface area contributed by atoms with Crippen molar-refractivity contribution in [3.05, 3.63) is 40.9 Å². The van der Waals surface area contributed by atoms with Crippen LogP contribution < -0.4 is 0 Å². The third-order valence-electron chi connectivity index (χ3n) is 1.96. The summed E-state index contributed by atoms with van der Waals surface area (Å²) in [7, 11) is 0. The average molecular weight is 265 g/mol. The first-order valence-electron chi connectivity index (χ1n) is 4.36. The summed E-state index contributed by atoms with van der Waals surface area (Å²) in [5.41, 5.74) is -0.924. The van der Waals surface area contributed by atoms with Gasteiger partial charge in [-0.3, -0.25) is 0 Å². The van der Waals surface area contributed by atoms with E-state index >= 15 is 0 Å². The van der Waals surface area contributed by atoms with Crippen LogP contribution in [0.1, 0.15) is 5.69 Å². The van der Waals surface area contributed by atoms with E-state index in [2.05, 4.69) is 4.98 Å². The highest BCUT2D eigenvalue weighted by molar-refractivity contribution is 7.13. The summed E-state index contributed by atoms with van der Waals surface area (Å²) in [4.78, 5) is 3.33. The monoisotopic (exact) mass is 265 g/mol. The fourth-order valence-electron chi connectivity index (χ4n) is 1.17. The Bertz CT molecular complexity index is 546. The molecule has 0 bridgehead atoms. The summed E-state index contributed by atoms with van der Waals surface area (Å²) in [5, 5.41) is 0.826. The van der Waals surface area contributed by atoms with Crippen molar-refractivity contribution in [3.8, 4) is 10.6 Å². The van der Waals surface area contributed by atoms with Gasteiger partial charge in [-0.05, 0) is 18.2 Å².